The predicted octanol–water partition coefficient (Wildman–Crippen LogP) is 4.77. The van der Waals surface area contributed by atoms with Gasteiger partial charge in [0.05, 0.1) is 23.2 Å². The molecule has 0 aromatic heterocycles. The number of benzene rings is 3. The molecule has 0 aliphatic heterocycles. The van der Waals surface area contributed by atoms with Crippen molar-refractivity contribution >= 4 is 21.6 Å². The fourth-order valence-electron chi connectivity index (χ4n) is 3.72. The molecule has 174 valence electrons. The minimum Gasteiger partial charge on any atom is -0.494 e. The minimum atomic E-state index is -3.98. The minimum absolute atomic E-state index is 0.0880. The van der Waals surface area contributed by atoms with Crippen LogP contribution in [0.3, 0.4) is 0 Å². The Hall–Kier alpha value is -3.32. The van der Waals surface area contributed by atoms with Crippen molar-refractivity contribution < 1.29 is 17.9 Å². The summed E-state index contributed by atoms with van der Waals surface area (Å²) in [6, 6.07) is 20.6. The Morgan fingerprint density at radius 1 is 1.00 bits per heavy atom. The summed E-state index contributed by atoms with van der Waals surface area (Å²) in [5.41, 5.74) is 3.63. The maximum Gasteiger partial charge on any atom is 0.264 e. The number of ether oxygens (including phenoxy) is 1. The van der Waals surface area contributed by atoms with Crippen LogP contribution in [0.2, 0.25) is 0 Å². The first-order valence-corrected chi connectivity index (χ1v) is 12.3. The van der Waals surface area contributed by atoms with Crippen LogP contribution in [0.5, 0.6) is 5.75 Å². The van der Waals surface area contributed by atoms with Crippen molar-refractivity contribution in [1.29, 1.82) is 0 Å². The highest BCUT2D eigenvalue weighted by molar-refractivity contribution is 7.92. The lowest BCUT2D eigenvalue weighted by atomic mass is 10.0. The van der Waals surface area contributed by atoms with Gasteiger partial charge in [-0.1, -0.05) is 42.0 Å². The normalized spacial score (nSPS) is 12.1. The van der Waals surface area contributed by atoms with Gasteiger partial charge in [0, 0.05) is 0 Å². The molecule has 0 fully saturated rings. The maximum atomic E-state index is 13.5. The topological polar surface area (TPSA) is 75.7 Å². The number of aryl methyl sites for hydroxylation is 2. The summed E-state index contributed by atoms with van der Waals surface area (Å²) >= 11 is 0. The maximum absolute atomic E-state index is 13.5. The van der Waals surface area contributed by atoms with Crippen molar-refractivity contribution in [2.75, 3.05) is 17.5 Å². The zero-order chi connectivity index (χ0) is 24.0. The average Bonchev–Trinajstić information content (AvgIpc) is 2.78. The molecule has 1 amide bonds. The summed E-state index contributed by atoms with van der Waals surface area (Å²) in [6.07, 6.45) is 0. The fraction of sp³-hybridized carbons (Fsp3) is 0.269. The first kappa shape index (κ1) is 24.3. The zero-order valence-corrected chi connectivity index (χ0v) is 20.2. The van der Waals surface area contributed by atoms with Crippen molar-refractivity contribution in [2.24, 2.45) is 0 Å². The first-order chi connectivity index (χ1) is 15.7. The van der Waals surface area contributed by atoms with Gasteiger partial charge >= 0.3 is 0 Å². The molecule has 0 bridgehead atoms. The number of carbonyl (C=O) groups is 1. The standard InChI is InChI=1S/C26H30N2O4S/c1-5-32-23-12-14-24(15-13-23)33(30,31)28(22-9-7-6-8-10-22)18-26(29)27-21(4)25-16-11-19(2)17-20(25)3/h6-17,21H,5,18H2,1-4H3,(H,27,29). The smallest absolute Gasteiger partial charge is 0.264 e. The zero-order valence-electron chi connectivity index (χ0n) is 19.4. The largest absolute Gasteiger partial charge is 0.494 e. The molecule has 0 saturated heterocycles. The van der Waals surface area contributed by atoms with Crippen molar-refractivity contribution in [3.8, 4) is 5.75 Å². The van der Waals surface area contributed by atoms with Crippen molar-refractivity contribution in [1.82, 2.24) is 5.32 Å². The molecule has 0 heterocycles. The van der Waals surface area contributed by atoms with E-state index in [4.69, 9.17) is 4.74 Å². The van der Waals surface area contributed by atoms with E-state index in [9.17, 15) is 13.2 Å². The van der Waals surface area contributed by atoms with E-state index in [2.05, 4.69) is 11.4 Å². The Bertz CT molecular complexity index is 1190. The molecule has 0 aliphatic carbocycles. The molecule has 0 spiro atoms. The SMILES string of the molecule is CCOc1ccc(S(=O)(=O)N(CC(=O)NC(C)c2ccc(C)cc2C)c2ccccc2)cc1. The predicted molar refractivity (Wildman–Crippen MR) is 131 cm³/mol. The molecule has 1 N–H and O–H groups in total. The number of hydrogen-bond donors (Lipinski definition) is 1. The highest BCUT2D eigenvalue weighted by Crippen LogP contribution is 2.25. The third-order valence-electron chi connectivity index (χ3n) is 5.32. The number of amides is 1. The molecule has 0 saturated carbocycles. The van der Waals surface area contributed by atoms with E-state index in [0.717, 1.165) is 21.0 Å². The summed E-state index contributed by atoms with van der Waals surface area (Å²) in [5, 5.41) is 2.94. The number of para-hydroxylation sites is 1. The third kappa shape index (κ3) is 5.93. The van der Waals surface area contributed by atoms with Gasteiger partial charge in [-0.2, -0.15) is 0 Å². The summed E-state index contributed by atoms with van der Waals surface area (Å²) in [6.45, 7) is 7.92. The van der Waals surface area contributed by atoms with Gasteiger partial charge in [-0.3, -0.25) is 9.10 Å². The van der Waals surface area contributed by atoms with Crippen LogP contribution in [0.15, 0.2) is 77.7 Å². The van der Waals surface area contributed by atoms with Gasteiger partial charge in [-0.15, -0.1) is 0 Å². The van der Waals surface area contributed by atoms with Gasteiger partial charge in [0.2, 0.25) is 5.91 Å². The highest BCUT2D eigenvalue weighted by atomic mass is 32.2. The van der Waals surface area contributed by atoms with Crippen molar-refractivity contribution in [3.63, 3.8) is 0 Å². The van der Waals surface area contributed by atoms with Gasteiger partial charge in [-0.05, 0) is 75.2 Å². The monoisotopic (exact) mass is 466 g/mol. The molecule has 0 radical (unpaired) electrons. The van der Waals surface area contributed by atoms with E-state index in [1.807, 2.05) is 39.8 Å². The van der Waals surface area contributed by atoms with Gasteiger partial charge in [-0.25, -0.2) is 8.42 Å². The Labute approximate surface area is 196 Å². The van der Waals surface area contributed by atoms with Gasteiger partial charge < -0.3 is 10.1 Å². The summed E-state index contributed by atoms with van der Waals surface area (Å²) in [5.74, 6) is 0.198. The van der Waals surface area contributed by atoms with Crippen LogP contribution in [0.1, 0.15) is 36.6 Å². The van der Waals surface area contributed by atoms with Crippen LogP contribution >= 0.6 is 0 Å². The molecule has 1 atom stereocenters. The van der Waals surface area contributed by atoms with Crippen molar-refractivity contribution in [2.45, 2.75) is 38.6 Å². The number of carbonyl (C=O) groups excluding carboxylic acids is 1. The Kier molecular flexibility index (Phi) is 7.76. The van der Waals surface area contributed by atoms with E-state index >= 15 is 0 Å². The van der Waals surface area contributed by atoms with Crippen LogP contribution in [0, 0.1) is 13.8 Å². The Balaban J connectivity index is 1.86. The fourth-order valence-corrected chi connectivity index (χ4v) is 5.14. The van der Waals surface area contributed by atoms with E-state index in [-0.39, 0.29) is 23.4 Å². The quantitative estimate of drug-likeness (QED) is 0.493. The third-order valence-corrected chi connectivity index (χ3v) is 7.11. The lowest BCUT2D eigenvalue weighted by molar-refractivity contribution is -0.120. The van der Waals surface area contributed by atoms with Crippen LogP contribution in [-0.2, 0) is 14.8 Å². The van der Waals surface area contributed by atoms with E-state index in [1.165, 1.54) is 12.1 Å². The second kappa shape index (κ2) is 10.5. The van der Waals surface area contributed by atoms with E-state index in [1.54, 1.807) is 42.5 Å². The summed E-state index contributed by atoms with van der Waals surface area (Å²) in [4.78, 5) is 13.1. The van der Waals surface area contributed by atoms with E-state index in [0.29, 0.717) is 18.0 Å². The van der Waals surface area contributed by atoms with Crippen molar-refractivity contribution in [3.05, 3.63) is 89.5 Å². The number of nitrogens with one attached hydrogen (secondary N) is 1. The van der Waals surface area contributed by atoms with Gasteiger partial charge in [0.1, 0.15) is 12.3 Å². The molecule has 33 heavy (non-hydrogen) atoms. The lowest BCUT2D eigenvalue weighted by Gasteiger charge is -2.25. The lowest BCUT2D eigenvalue weighted by Crippen LogP contribution is -2.41. The Morgan fingerprint density at radius 2 is 1.67 bits per heavy atom. The molecule has 3 rings (SSSR count). The average molecular weight is 467 g/mol. The molecule has 1 unspecified atom stereocenters. The summed E-state index contributed by atoms with van der Waals surface area (Å²) < 4.78 is 33.5. The second-order valence-electron chi connectivity index (χ2n) is 7.90. The molecule has 0 aliphatic rings. The highest BCUT2D eigenvalue weighted by Gasteiger charge is 2.28. The molecular formula is C26H30N2O4S. The number of sulfonamides is 1. The second-order valence-corrected chi connectivity index (χ2v) is 9.76. The van der Waals surface area contributed by atoms with E-state index < -0.39 is 10.0 Å². The molecule has 7 heteroatoms. The Morgan fingerprint density at radius 3 is 2.27 bits per heavy atom. The molecule has 6 nitrogen and oxygen atoms in total. The first-order valence-electron chi connectivity index (χ1n) is 10.9. The van der Waals surface area contributed by atoms with Gasteiger partial charge in [0.15, 0.2) is 0 Å². The number of anilines is 1. The van der Waals surface area contributed by atoms with Crippen LogP contribution in [-0.4, -0.2) is 27.5 Å². The van der Waals surface area contributed by atoms with Crippen LogP contribution < -0.4 is 14.4 Å². The van der Waals surface area contributed by atoms with Gasteiger partial charge in [0.25, 0.3) is 10.0 Å². The molecule has 3 aromatic carbocycles. The number of hydrogen-bond acceptors (Lipinski definition) is 4. The van der Waals surface area contributed by atoms with Crippen LogP contribution in [0.25, 0.3) is 0 Å². The van der Waals surface area contributed by atoms with Crippen LogP contribution in [0.4, 0.5) is 5.69 Å². The molecular weight excluding hydrogens is 436 g/mol. The summed E-state index contributed by atoms with van der Waals surface area (Å²) in [7, 11) is -3.98. The number of nitrogens with zero attached hydrogens (tertiary/aromatic N) is 1. The number of rotatable bonds is 9. The molecule has 3 aromatic rings.